The van der Waals surface area contributed by atoms with E-state index in [1.54, 1.807) is 6.20 Å². The van der Waals surface area contributed by atoms with Crippen molar-refractivity contribution >= 4 is 23.1 Å². The Balaban J connectivity index is 1.42. The van der Waals surface area contributed by atoms with Crippen LogP contribution in [-0.4, -0.2) is 41.4 Å². The maximum Gasteiger partial charge on any atom is 0.249 e. The zero-order valence-electron chi connectivity index (χ0n) is 16.1. The third kappa shape index (κ3) is 4.03. The zero-order valence-corrected chi connectivity index (χ0v) is 16.1. The number of anilines is 4. The summed E-state index contributed by atoms with van der Waals surface area (Å²) in [5.74, 6) is 1.08. The van der Waals surface area contributed by atoms with Gasteiger partial charge in [0.15, 0.2) is 5.82 Å². The van der Waals surface area contributed by atoms with Crippen molar-refractivity contribution in [1.82, 2.24) is 15.2 Å². The van der Waals surface area contributed by atoms with Crippen molar-refractivity contribution in [2.75, 3.05) is 41.3 Å². The van der Waals surface area contributed by atoms with Crippen LogP contribution in [0.3, 0.4) is 0 Å². The van der Waals surface area contributed by atoms with E-state index in [1.165, 1.54) is 23.3 Å². The molecule has 3 aromatic rings. The van der Waals surface area contributed by atoms with E-state index in [0.717, 1.165) is 43.4 Å². The van der Waals surface area contributed by atoms with Gasteiger partial charge in [-0.1, -0.05) is 6.07 Å². The van der Waals surface area contributed by atoms with Crippen LogP contribution in [0.4, 0.5) is 27.5 Å². The van der Waals surface area contributed by atoms with Crippen molar-refractivity contribution in [3.05, 3.63) is 65.6 Å². The number of rotatable bonds is 4. The fraction of sp³-hybridized carbons (Fsp3) is 0.286. The molecule has 6 nitrogen and oxygen atoms in total. The third-order valence-corrected chi connectivity index (χ3v) is 5.10. The Morgan fingerprint density at radius 3 is 2.32 bits per heavy atom. The smallest absolute Gasteiger partial charge is 0.249 e. The second kappa shape index (κ2) is 7.80. The summed E-state index contributed by atoms with van der Waals surface area (Å²) in [4.78, 5) is 9.07. The number of piperazine rings is 1. The van der Waals surface area contributed by atoms with Crippen LogP contribution in [0.15, 0.2) is 48.7 Å². The Bertz CT molecular complexity index is 951. The lowest BCUT2D eigenvalue weighted by atomic mass is 10.1. The van der Waals surface area contributed by atoms with Gasteiger partial charge in [-0.3, -0.25) is 0 Å². The molecule has 1 aromatic heterocycles. The summed E-state index contributed by atoms with van der Waals surface area (Å²) in [6.07, 6.45) is 1.69. The fourth-order valence-electron chi connectivity index (χ4n) is 3.29. The molecule has 1 aliphatic rings. The monoisotopic (exact) mass is 378 g/mol. The van der Waals surface area contributed by atoms with Crippen molar-refractivity contribution in [3.63, 3.8) is 0 Å². The standard InChI is InChI=1S/C21H23FN6/c1-15-3-6-18(13-16(15)2)24-21-25-20(14-23-26-21)28-11-9-27(10-12-28)19-7-4-17(22)5-8-19/h3-8,13-14H,9-12H2,1-2H3,(H,24,25,26). The number of aromatic nitrogens is 3. The van der Waals surface area contributed by atoms with E-state index in [-0.39, 0.29) is 5.82 Å². The Morgan fingerprint density at radius 1 is 0.893 bits per heavy atom. The van der Waals surface area contributed by atoms with Crippen LogP contribution in [0.1, 0.15) is 11.1 Å². The van der Waals surface area contributed by atoms with Gasteiger partial charge in [-0.2, -0.15) is 10.1 Å². The SMILES string of the molecule is Cc1ccc(Nc2nncc(N3CCN(c4ccc(F)cc4)CC3)n2)cc1C. The van der Waals surface area contributed by atoms with Crippen LogP contribution < -0.4 is 15.1 Å². The molecule has 0 atom stereocenters. The maximum absolute atomic E-state index is 13.1. The number of hydrogen-bond acceptors (Lipinski definition) is 6. The molecule has 1 N–H and O–H groups in total. The fourth-order valence-corrected chi connectivity index (χ4v) is 3.29. The predicted molar refractivity (Wildman–Crippen MR) is 110 cm³/mol. The van der Waals surface area contributed by atoms with Gasteiger partial charge in [0.05, 0.1) is 6.20 Å². The van der Waals surface area contributed by atoms with E-state index in [0.29, 0.717) is 5.95 Å². The molecule has 0 spiro atoms. The highest BCUT2D eigenvalue weighted by Crippen LogP contribution is 2.21. The first kappa shape index (κ1) is 18.2. The molecule has 2 heterocycles. The molecule has 2 aromatic carbocycles. The summed E-state index contributed by atoms with van der Waals surface area (Å²) >= 11 is 0. The maximum atomic E-state index is 13.1. The van der Waals surface area contributed by atoms with Crippen molar-refractivity contribution in [1.29, 1.82) is 0 Å². The largest absolute Gasteiger partial charge is 0.368 e. The summed E-state index contributed by atoms with van der Waals surface area (Å²) < 4.78 is 13.1. The average molecular weight is 378 g/mol. The molecule has 7 heteroatoms. The molecule has 28 heavy (non-hydrogen) atoms. The van der Waals surface area contributed by atoms with Gasteiger partial charge in [0.2, 0.25) is 5.95 Å². The summed E-state index contributed by atoms with van der Waals surface area (Å²) in [7, 11) is 0. The first-order chi connectivity index (χ1) is 13.6. The van der Waals surface area contributed by atoms with Gasteiger partial charge in [-0.05, 0) is 61.4 Å². The topological polar surface area (TPSA) is 57.2 Å². The molecule has 1 aliphatic heterocycles. The van der Waals surface area contributed by atoms with E-state index in [2.05, 4.69) is 56.3 Å². The number of hydrogen-bond donors (Lipinski definition) is 1. The number of aryl methyl sites for hydroxylation is 2. The minimum Gasteiger partial charge on any atom is -0.368 e. The first-order valence-electron chi connectivity index (χ1n) is 9.38. The van der Waals surface area contributed by atoms with E-state index in [9.17, 15) is 4.39 Å². The van der Waals surface area contributed by atoms with Gasteiger partial charge in [-0.15, -0.1) is 5.10 Å². The summed E-state index contributed by atoms with van der Waals surface area (Å²) in [5.41, 5.74) is 4.45. The van der Waals surface area contributed by atoms with Crippen LogP contribution in [0.2, 0.25) is 0 Å². The van der Waals surface area contributed by atoms with Crippen molar-refractivity contribution < 1.29 is 4.39 Å². The lowest BCUT2D eigenvalue weighted by molar-refractivity contribution is 0.624. The zero-order chi connectivity index (χ0) is 19.5. The van der Waals surface area contributed by atoms with Crippen LogP contribution in [0.25, 0.3) is 0 Å². The summed E-state index contributed by atoms with van der Waals surface area (Å²) in [6.45, 7) is 7.49. The number of nitrogens with one attached hydrogen (secondary N) is 1. The Labute approximate surface area is 164 Å². The van der Waals surface area contributed by atoms with Gasteiger partial charge >= 0.3 is 0 Å². The van der Waals surface area contributed by atoms with Gasteiger partial charge in [0, 0.05) is 37.6 Å². The number of halogens is 1. The molecule has 0 bridgehead atoms. The van der Waals surface area contributed by atoms with Crippen LogP contribution >= 0.6 is 0 Å². The number of benzene rings is 2. The van der Waals surface area contributed by atoms with Gasteiger partial charge in [0.1, 0.15) is 5.82 Å². The summed E-state index contributed by atoms with van der Waals surface area (Å²) in [6, 6.07) is 12.8. The average Bonchev–Trinajstić information content (AvgIpc) is 2.72. The third-order valence-electron chi connectivity index (χ3n) is 5.10. The molecule has 144 valence electrons. The van der Waals surface area contributed by atoms with Crippen molar-refractivity contribution in [2.24, 2.45) is 0 Å². The number of nitrogens with zero attached hydrogens (tertiary/aromatic N) is 5. The first-order valence-corrected chi connectivity index (χ1v) is 9.38. The van der Waals surface area contributed by atoms with E-state index in [1.807, 2.05) is 18.2 Å². The highest BCUT2D eigenvalue weighted by Gasteiger charge is 2.19. The summed E-state index contributed by atoms with van der Waals surface area (Å²) in [5, 5.41) is 11.5. The molecule has 0 amide bonds. The minimum absolute atomic E-state index is 0.210. The molecule has 0 radical (unpaired) electrons. The second-order valence-corrected chi connectivity index (χ2v) is 7.01. The van der Waals surface area contributed by atoms with E-state index in [4.69, 9.17) is 0 Å². The molecule has 1 fully saturated rings. The van der Waals surface area contributed by atoms with Gasteiger partial charge in [-0.25, -0.2) is 4.39 Å². The van der Waals surface area contributed by atoms with Crippen LogP contribution in [0, 0.1) is 19.7 Å². The highest BCUT2D eigenvalue weighted by atomic mass is 19.1. The molecular weight excluding hydrogens is 355 g/mol. The quantitative estimate of drug-likeness (QED) is 0.747. The molecule has 0 saturated carbocycles. The normalized spacial score (nSPS) is 14.2. The predicted octanol–water partition coefficient (Wildman–Crippen LogP) is 3.70. The van der Waals surface area contributed by atoms with Crippen molar-refractivity contribution in [2.45, 2.75) is 13.8 Å². The second-order valence-electron chi connectivity index (χ2n) is 7.01. The minimum atomic E-state index is -0.210. The van der Waals surface area contributed by atoms with Crippen LogP contribution in [-0.2, 0) is 0 Å². The molecule has 4 rings (SSSR count). The Hall–Kier alpha value is -3.22. The molecule has 0 unspecified atom stereocenters. The van der Waals surface area contributed by atoms with E-state index >= 15 is 0 Å². The molecule has 0 aliphatic carbocycles. The van der Waals surface area contributed by atoms with E-state index < -0.39 is 0 Å². The highest BCUT2D eigenvalue weighted by molar-refractivity contribution is 5.57. The lowest BCUT2D eigenvalue weighted by Gasteiger charge is -2.36. The lowest BCUT2D eigenvalue weighted by Crippen LogP contribution is -2.46. The molecule has 1 saturated heterocycles. The molecular formula is C21H23FN6. The van der Waals surface area contributed by atoms with Gasteiger partial charge in [0.25, 0.3) is 0 Å². The Kier molecular flexibility index (Phi) is 5.06. The Morgan fingerprint density at radius 2 is 1.61 bits per heavy atom. The van der Waals surface area contributed by atoms with Crippen LogP contribution in [0.5, 0.6) is 0 Å². The van der Waals surface area contributed by atoms with Gasteiger partial charge < -0.3 is 15.1 Å². The van der Waals surface area contributed by atoms with Crippen molar-refractivity contribution in [3.8, 4) is 0 Å².